The van der Waals surface area contributed by atoms with Gasteiger partial charge in [-0.3, -0.25) is 9.59 Å². The molecule has 2 amide bonds. The van der Waals surface area contributed by atoms with Gasteiger partial charge < -0.3 is 16.0 Å². The standard InChI is InChI=1S/C11H21N3O2/c1-3-13-9(15)7-14(4-2)10(16)11(8-12)5-6-11/h3-8,12H2,1-2H3,(H,13,15). The van der Waals surface area contributed by atoms with Gasteiger partial charge in [-0.1, -0.05) is 0 Å². The maximum absolute atomic E-state index is 12.1. The summed E-state index contributed by atoms with van der Waals surface area (Å²) in [5, 5.41) is 2.69. The number of hydrogen-bond donors (Lipinski definition) is 2. The van der Waals surface area contributed by atoms with Crippen molar-refractivity contribution in [1.29, 1.82) is 0 Å². The second kappa shape index (κ2) is 5.30. The zero-order valence-corrected chi connectivity index (χ0v) is 10.1. The quantitative estimate of drug-likeness (QED) is 0.654. The van der Waals surface area contributed by atoms with Crippen LogP contribution in [0.5, 0.6) is 0 Å². The van der Waals surface area contributed by atoms with Crippen LogP contribution in [0, 0.1) is 5.41 Å². The zero-order valence-electron chi connectivity index (χ0n) is 10.1. The van der Waals surface area contributed by atoms with Gasteiger partial charge in [0, 0.05) is 19.6 Å². The molecule has 0 atom stereocenters. The Bertz CT molecular complexity index is 274. The molecule has 3 N–H and O–H groups in total. The highest BCUT2D eigenvalue weighted by Crippen LogP contribution is 2.46. The minimum absolute atomic E-state index is 0.0313. The Labute approximate surface area is 96.4 Å². The predicted octanol–water partition coefficient (Wildman–Crippen LogP) is -0.290. The van der Waals surface area contributed by atoms with Gasteiger partial charge in [0.25, 0.3) is 0 Å². The number of nitrogens with one attached hydrogen (secondary N) is 1. The van der Waals surface area contributed by atoms with E-state index in [1.165, 1.54) is 0 Å². The van der Waals surface area contributed by atoms with Gasteiger partial charge >= 0.3 is 0 Å². The van der Waals surface area contributed by atoms with Crippen molar-refractivity contribution >= 4 is 11.8 Å². The molecule has 0 radical (unpaired) electrons. The third-order valence-electron chi connectivity index (χ3n) is 3.08. The molecule has 0 saturated heterocycles. The molecule has 1 aliphatic carbocycles. The fourth-order valence-corrected chi connectivity index (χ4v) is 1.75. The molecule has 0 heterocycles. The SMILES string of the molecule is CCNC(=O)CN(CC)C(=O)C1(CN)CC1. The van der Waals surface area contributed by atoms with E-state index in [9.17, 15) is 9.59 Å². The highest BCUT2D eigenvalue weighted by Gasteiger charge is 2.50. The number of carbonyl (C=O) groups is 2. The average Bonchev–Trinajstić information content (AvgIpc) is 3.06. The molecule has 92 valence electrons. The van der Waals surface area contributed by atoms with Gasteiger partial charge in [0.15, 0.2) is 0 Å². The maximum Gasteiger partial charge on any atom is 0.239 e. The van der Waals surface area contributed by atoms with Crippen molar-refractivity contribution in [3.8, 4) is 0 Å². The molecule has 16 heavy (non-hydrogen) atoms. The van der Waals surface area contributed by atoms with Gasteiger partial charge in [0.1, 0.15) is 0 Å². The zero-order chi connectivity index (χ0) is 12.2. The van der Waals surface area contributed by atoms with Crippen molar-refractivity contribution in [3.63, 3.8) is 0 Å². The van der Waals surface area contributed by atoms with Crippen LogP contribution in [-0.4, -0.2) is 42.9 Å². The number of nitrogens with two attached hydrogens (primary N) is 1. The van der Waals surface area contributed by atoms with Crippen molar-refractivity contribution < 1.29 is 9.59 Å². The molecule has 0 aromatic rings. The lowest BCUT2D eigenvalue weighted by molar-refractivity contribution is -0.140. The number of carbonyl (C=O) groups excluding carboxylic acids is 2. The first-order valence-corrected chi connectivity index (χ1v) is 5.85. The Morgan fingerprint density at radius 1 is 1.38 bits per heavy atom. The molecule has 0 spiro atoms. The summed E-state index contributed by atoms with van der Waals surface area (Å²) < 4.78 is 0. The van der Waals surface area contributed by atoms with Gasteiger partial charge in [0.2, 0.25) is 11.8 Å². The van der Waals surface area contributed by atoms with Crippen molar-refractivity contribution in [2.24, 2.45) is 11.1 Å². The molecule has 1 rings (SSSR count). The Balaban J connectivity index is 2.54. The lowest BCUT2D eigenvalue weighted by Crippen LogP contribution is -2.45. The first kappa shape index (κ1) is 13.0. The number of amides is 2. The van der Waals surface area contributed by atoms with E-state index < -0.39 is 0 Å². The summed E-state index contributed by atoms with van der Waals surface area (Å²) in [5.41, 5.74) is 5.25. The molecule has 5 heteroatoms. The van der Waals surface area contributed by atoms with E-state index in [1.54, 1.807) is 4.90 Å². The van der Waals surface area contributed by atoms with Crippen molar-refractivity contribution in [1.82, 2.24) is 10.2 Å². The maximum atomic E-state index is 12.1. The molecule has 0 bridgehead atoms. The summed E-state index contributed by atoms with van der Waals surface area (Å²) in [6.45, 7) is 5.41. The van der Waals surface area contributed by atoms with E-state index in [0.717, 1.165) is 12.8 Å². The normalized spacial score (nSPS) is 16.7. The first-order valence-electron chi connectivity index (χ1n) is 5.85. The van der Waals surface area contributed by atoms with Crippen LogP contribution in [0.4, 0.5) is 0 Å². The van der Waals surface area contributed by atoms with Crippen LogP contribution < -0.4 is 11.1 Å². The fraction of sp³-hybridized carbons (Fsp3) is 0.818. The summed E-state index contributed by atoms with van der Waals surface area (Å²) in [4.78, 5) is 25.1. The first-order chi connectivity index (χ1) is 7.59. The van der Waals surface area contributed by atoms with Gasteiger partial charge in [-0.2, -0.15) is 0 Å². The lowest BCUT2D eigenvalue weighted by atomic mass is 10.1. The van der Waals surface area contributed by atoms with Crippen molar-refractivity contribution in [3.05, 3.63) is 0 Å². The van der Waals surface area contributed by atoms with Gasteiger partial charge in [-0.15, -0.1) is 0 Å². The van der Waals surface area contributed by atoms with Crippen LogP contribution in [0.1, 0.15) is 26.7 Å². The topological polar surface area (TPSA) is 75.4 Å². The van der Waals surface area contributed by atoms with Crippen molar-refractivity contribution in [2.75, 3.05) is 26.2 Å². The lowest BCUT2D eigenvalue weighted by Gasteiger charge is -2.24. The predicted molar refractivity (Wildman–Crippen MR) is 61.7 cm³/mol. The molecular weight excluding hydrogens is 206 g/mol. The van der Waals surface area contributed by atoms with E-state index in [2.05, 4.69) is 5.32 Å². The van der Waals surface area contributed by atoms with Crippen LogP contribution in [0.2, 0.25) is 0 Å². The highest BCUT2D eigenvalue weighted by molar-refractivity contribution is 5.89. The van der Waals surface area contributed by atoms with Gasteiger partial charge in [-0.05, 0) is 26.7 Å². The third-order valence-corrected chi connectivity index (χ3v) is 3.08. The van der Waals surface area contributed by atoms with Crippen molar-refractivity contribution in [2.45, 2.75) is 26.7 Å². The molecule has 0 aliphatic heterocycles. The summed E-state index contributed by atoms with van der Waals surface area (Å²) >= 11 is 0. The van der Waals surface area contributed by atoms with E-state index >= 15 is 0 Å². The van der Waals surface area contributed by atoms with Gasteiger partial charge in [0.05, 0.1) is 12.0 Å². The third kappa shape index (κ3) is 2.72. The molecule has 1 aliphatic rings. The Hall–Kier alpha value is -1.10. The largest absolute Gasteiger partial charge is 0.355 e. The number of rotatable bonds is 6. The van der Waals surface area contributed by atoms with Crippen LogP contribution in [-0.2, 0) is 9.59 Å². The molecule has 0 aromatic heterocycles. The Kier molecular flexibility index (Phi) is 4.29. The van der Waals surface area contributed by atoms with Crippen LogP contribution in [0.15, 0.2) is 0 Å². The van der Waals surface area contributed by atoms with Crippen LogP contribution in [0.25, 0.3) is 0 Å². The second-order valence-electron chi connectivity index (χ2n) is 4.26. The summed E-state index contributed by atoms with van der Waals surface area (Å²) in [7, 11) is 0. The number of nitrogens with zero attached hydrogens (tertiary/aromatic N) is 1. The fourth-order valence-electron chi connectivity index (χ4n) is 1.75. The molecule has 1 fully saturated rings. The smallest absolute Gasteiger partial charge is 0.239 e. The van der Waals surface area contributed by atoms with Crippen LogP contribution in [0.3, 0.4) is 0 Å². The molecular formula is C11H21N3O2. The Morgan fingerprint density at radius 2 is 2.00 bits per heavy atom. The molecule has 0 unspecified atom stereocenters. The molecule has 1 saturated carbocycles. The number of hydrogen-bond acceptors (Lipinski definition) is 3. The Morgan fingerprint density at radius 3 is 2.38 bits per heavy atom. The summed E-state index contributed by atoms with van der Waals surface area (Å²) in [5.74, 6) is -0.0747. The molecule has 0 aromatic carbocycles. The van der Waals surface area contributed by atoms with E-state index in [4.69, 9.17) is 5.73 Å². The number of likely N-dealkylation sites (N-methyl/N-ethyl adjacent to an activating group) is 2. The molecule has 5 nitrogen and oxygen atoms in total. The average molecular weight is 227 g/mol. The van der Waals surface area contributed by atoms with E-state index in [1.807, 2.05) is 13.8 Å². The van der Waals surface area contributed by atoms with Gasteiger partial charge in [-0.25, -0.2) is 0 Å². The van der Waals surface area contributed by atoms with E-state index in [-0.39, 0.29) is 23.8 Å². The summed E-state index contributed by atoms with van der Waals surface area (Å²) in [6, 6.07) is 0. The summed E-state index contributed by atoms with van der Waals surface area (Å²) in [6.07, 6.45) is 1.71. The second-order valence-corrected chi connectivity index (χ2v) is 4.26. The monoisotopic (exact) mass is 227 g/mol. The minimum atomic E-state index is -0.359. The minimum Gasteiger partial charge on any atom is -0.355 e. The highest BCUT2D eigenvalue weighted by atomic mass is 16.2. The van der Waals surface area contributed by atoms with E-state index in [0.29, 0.717) is 19.6 Å². The van der Waals surface area contributed by atoms with Crippen LogP contribution >= 0.6 is 0 Å².